The van der Waals surface area contributed by atoms with Gasteiger partial charge in [0.25, 0.3) is 0 Å². The van der Waals surface area contributed by atoms with Crippen LogP contribution in [0.1, 0.15) is 38.4 Å². The molecule has 0 radical (unpaired) electrons. The average Bonchev–Trinajstić information content (AvgIpc) is 2.77. The Labute approximate surface area is 117 Å². The summed E-state index contributed by atoms with van der Waals surface area (Å²) in [5.41, 5.74) is 2.06. The molecule has 102 valence electrons. The lowest BCUT2D eigenvalue weighted by atomic mass is 10.1. The summed E-state index contributed by atoms with van der Waals surface area (Å²) in [7, 11) is 0. The van der Waals surface area contributed by atoms with Crippen LogP contribution in [0.4, 0.5) is 4.39 Å². The number of imidazole rings is 1. The third-order valence-corrected chi connectivity index (χ3v) is 4.41. The molecule has 2 atom stereocenters. The Kier molecular flexibility index (Phi) is 2.86. The molecule has 1 heterocycles. The first-order valence-corrected chi connectivity index (χ1v) is 7.12. The SMILES string of the molecule is CC(Cl)c1nc2ccc(F)cc2n1CC1CC1(C)C. The summed E-state index contributed by atoms with van der Waals surface area (Å²) >= 11 is 6.22. The highest BCUT2D eigenvalue weighted by Gasteiger charge is 2.45. The molecule has 1 aliphatic carbocycles. The lowest BCUT2D eigenvalue weighted by molar-refractivity contribution is 0.495. The molecule has 1 fully saturated rings. The van der Waals surface area contributed by atoms with Crippen LogP contribution >= 0.6 is 11.6 Å². The molecule has 1 aromatic carbocycles. The minimum atomic E-state index is -0.225. The van der Waals surface area contributed by atoms with Gasteiger partial charge in [-0.1, -0.05) is 13.8 Å². The van der Waals surface area contributed by atoms with E-state index in [0.717, 1.165) is 23.4 Å². The van der Waals surface area contributed by atoms with Gasteiger partial charge < -0.3 is 4.57 Å². The molecule has 0 saturated heterocycles. The topological polar surface area (TPSA) is 17.8 Å². The van der Waals surface area contributed by atoms with Crippen molar-refractivity contribution in [3.05, 3.63) is 29.8 Å². The molecule has 0 aliphatic heterocycles. The standard InChI is InChI=1S/C15H18ClFN2/c1-9(16)14-18-12-5-4-11(17)6-13(12)19(14)8-10-7-15(10,2)3/h4-6,9-10H,7-8H2,1-3H3. The largest absolute Gasteiger partial charge is 0.326 e. The number of aromatic nitrogens is 2. The lowest BCUT2D eigenvalue weighted by Gasteiger charge is -2.11. The quantitative estimate of drug-likeness (QED) is 0.756. The van der Waals surface area contributed by atoms with Gasteiger partial charge >= 0.3 is 0 Å². The van der Waals surface area contributed by atoms with Crippen LogP contribution in [0.3, 0.4) is 0 Å². The van der Waals surface area contributed by atoms with Gasteiger partial charge in [-0.3, -0.25) is 0 Å². The lowest BCUT2D eigenvalue weighted by Crippen LogP contribution is -2.08. The van der Waals surface area contributed by atoms with Crippen molar-refractivity contribution in [1.82, 2.24) is 9.55 Å². The van der Waals surface area contributed by atoms with Crippen LogP contribution in [0.5, 0.6) is 0 Å². The van der Waals surface area contributed by atoms with Crippen molar-refractivity contribution in [3.63, 3.8) is 0 Å². The summed E-state index contributed by atoms with van der Waals surface area (Å²) in [6, 6.07) is 4.73. The van der Waals surface area contributed by atoms with Crippen LogP contribution in [-0.2, 0) is 6.54 Å². The predicted octanol–water partition coefficient (Wildman–Crippen LogP) is 4.52. The Hall–Kier alpha value is -1.09. The van der Waals surface area contributed by atoms with Crippen LogP contribution in [0.2, 0.25) is 0 Å². The highest BCUT2D eigenvalue weighted by Crippen LogP contribution is 2.52. The second-order valence-electron chi connectivity index (χ2n) is 6.22. The summed E-state index contributed by atoms with van der Waals surface area (Å²) in [4.78, 5) is 4.55. The van der Waals surface area contributed by atoms with E-state index in [4.69, 9.17) is 11.6 Å². The number of hydrogen-bond acceptors (Lipinski definition) is 1. The zero-order chi connectivity index (χ0) is 13.8. The number of alkyl halides is 1. The van der Waals surface area contributed by atoms with Gasteiger partial charge in [0, 0.05) is 6.54 Å². The highest BCUT2D eigenvalue weighted by molar-refractivity contribution is 6.20. The minimum Gasteiger partial charge on any atom is -0.326 e. The van der Waals surface area contributed by atoms with Gasteiger partial charge in [-0.05, 0) is 42.9 Å². The molecule has 2 nitrogen and oxygen atoms in total. The van der Waals surface area contributed by atoms with Crippen LogP contribution in [0.15, 0.2) is 18.2 Å². The van der Waals surface area contributed by atoms with E-state index >= 15 is 0 Å². The molecule has 1 aromatic heterocycles. The summed E-state index contributed by atoms with van der Waals surface area (Å²) in [5.74, 6) is 1.24. The fourth-order valence-electron chi connectivity index (χ4n) is 2.72. The number of benzene rings is 1. The van der Waals surface area contributed by atoms with Crippen molar-refractivity contribution < 1.29 is 4.39 Å². The van der Waals surface area contributed by atoms with E-state index < -0.39 is 0 Å². The maximum atomic E-state index is 13.5. The van der Waals surface area contributed by atoms with Crippen LogP contribution in [0, 0.1) is 17.2 Å². The molecule has 0 N–H and O–H groups in total. The van der Waals surface area contributed by atoms with Crippen molar-refractivity contribution >= 4 is 22.6 Å². The Morgan fingerprint density at radius 1 is 1.53 bits per heavy atom. The van der Waals surface area contributed by atoms with Crippen molar-refractivity contribution in [2.24, 2.45) is 11.3 Å². The summed E-state index contributed by atoms with van der Waals surface area (Å²) in [5, 5.41) is -0.169. The van der Waals surface area contributed by atoms with E-state index in [-0.39, 0.29) is 11.2 Å². The Balaban J connectivity index is 2.08. The monoisotopic (exact) mass is 280 g/mol. The molecule has 19 heavy (non-hydrogen) atoms. The summed E-state index contributed by atoms with van der Waals surface area (Å²) in [6.45, 7) is 7.31. The van der Waals surface area contributed by atoms with Gasteiger partial charge in [0.05, 0.1) is 16.4 Å². The first-order chi connectivity index (χ1) is 8.88. The smallest absolute Gasteiger partial charge is 0.127 e. The molecule has 3 rings (SSSR count). The first-order valence-electron chi connectivity index (χ1n) is 6.68. The normalized spacial score (nSPS) is 22.7. The van der Waals surface area contributed by atoms with E-state index in [0.29, 0.717) is 11.3 Å². The van der Waals surface area contributed by atoms with E-state index in [1.165, 1.54) is 12.5 Å². The van der Waals surface area contributed by atoms with E-state index in [1.54, 1.807) is 12.1 Å². The van der Waals surface area contributed by atoms with Gasteiger partial charge in [0.15, 0.2) is 0 Å². The highest BCUT2D eigenvalue weighted by atomic mass is 35.5. The van der Waals surface area contributed by atoms with E-state index in [9.17, 15) is 4.39 Å². The molecule has 2 unspecified atom stereocenters. The molecular weight excluding hydrogens is 263 g/mol. The number of nitrogens with zero attached hydrogens (tertiary/aromatic N) is 2. The zero-order valence-electron chi connectivity index (χ0n) is 11.5. The van der Waals surface area contributed by atoms with Gasteiger partial charge in [0.1, 0.15) is 11.6 Å². The molecule has 0 bridgehead atoms. The number of hydrogen-bond donors (Lipinski definition) is 0. The minimum absolute atomic E-state index is 0.169. The van der Waals surface area contributed by atoms with Gasteiger partial charge in [0.2, 0.25) is 0 Å². The molecule has 4 heteroatoms. The Bertz CT molecular complexity index is 630. The molecule has 2 aromatic rings. The summed E-state index contributed by atoms with van der Waals surface area (Å²) < 4.78 is 15.6. The molecule has 0 spiro atoms. The van der Waals surface area contributed by atoms with Crippen molar-refractivity contribution in [2.75, 3.05) is 0 Å². The molecule has 1 saturated carbocycles. The van der Waals surface area contributed by atoms with E-state index in [1.807, 2.05) is 6.92 Å². The number of rotatable bonds is 3. The number of halogens is 2. The summed E-state index contributed by atoms with van der Waals surface area (Å²) in [6.07, 6.45) is 1.21. The van der Waals surface area contributed by atoms with Crippen LogP contribution in [0.25, 0.3) is 11.0 Å². The zero-order valence-corrected chi connectivity index (χ0v) is 12.2. The first kappa shape index (κ1) is 12.9. The third kappa shape index (κ3) is 2.25. The maximum absolute atomic E-state index is 13.5. The van der Waals surface area contributed by atoms with Gasteiger partial charge in [-0.25, -0.2) is 9.37 Å². The van der Waals surface area contributed by atoms with Crippen molar-refractivity contribution in [3.8, 4) is 0 Å². The fourth-order valence-corrected chi connectivity index (χ4v) is 2.88. The molecule has 0 amide bonds. The second-order valence-corrected chi connectivity index (χ2v) is 6.87. The average molecular weight is 281 g/mol. The van der Waals surface area contributed by atoms with Crippen LogP contribution in [-0.4, -0.2) is 9.55 Å². The van der Waals surface area contributed by atoms with Gasteiger partial charge in [-0.15, -0.1) is 11.6 Å². The van der Waals surface area contributed by atoms with Gasteiger partial charge in [-0.2, -0.15) is 0 Å². The fraction of sp³-hybridized carbons (Fsp3) is 0.533. The Morgan fingerprint density at radius 2 is 2.21 bits per heavy atom. The van der Waals surface area contributed by atoms with Crippen LogP contribution < -0.4 is 0 Å². The van der Waals surface area contributed by atoms with Crippen molar-refractivity contribution in [1.29, 1.82) is 0 Å². The van der Waals surface area contributed by atoms with Crippen molar-refractivity contribution in [2.45, 2.75) is 39.1 Å². The third-order valence-electron chi connectivity index (χ3n) is 4.22. The Morgan fingerprint density at radius 3 is 2.79 bits per heavy atom. The maximum Gasteiger partial charge on any atom is 0.127 e. The predicted molar refractivity (Wildman–Crippen MR) is 75.8 cm³/mol. The second kappa shape index (κ2) is 4.20. The van der Waals surface area contributed by atoms with E-state index in [2.05, 4.69) is 23.4 Å². The number of fused-ring (bicyclic) bond motifs is 1. The molecular formula is C15H18ClFN2. The molecule has 1 aliphatic rings.